The van der Waals surface area contributed by atoms with Gasteiger partial charge in [-0.25, -0.2) is 0 Å². The first-order valence-corrected chi connectivity index (χ1v) is 6.26. The number of aromatic nitrogens is 2. The van der Waals surface area contributed by atoms with Gasteiger partial charge >= 0.3 is 0 Å². The number of hydrogen-bond donors (Lipinski definition) is 2. The number of rotatable bonds is 8. The van der Waals surface area contributed by atoms with Gasteiger partial charge in [0.05, 0.1) is 0 Å². The molecule has 0 aliphatic heterocycles. The van der Waals surface area contributed by atoms with Gasteiger partial charge in [-0.1, -0.05) is 19.0 Å². The molecule has 0 aliphatic rings. The molecule has 0 saturated heterocycles. The SMILES string of the molecule is CCC(CC)(CO)CNCCc1noc(C)n1. The van der Waals surface area contributed by atoms with Crippen LogP contribution in [-0.4, -0.2) is 34.9 Å². The molecule has 1 rings (SSSR count). The summed E-state index contributed by atoms with van der Waals surface area (Å²) < 4.78 is 4.90. The topological polar surface area (TPSA) is 71.2 Å². The van der Waals surface area contributed by atoms with Gasteiger partial charge in [0.25, 0.3) is 0 Å². The van der Waals surface area contributed by atoms with Crippen molar-refractivity contribution in [3.63, 3.8) is 0 Å². The molecule has 0 unspecified atom stereocenters. The van der Waals surface area contributed by atoms with Crippen LogP contribution in [-0.2, 0) is 6.42 Å². The molecule has 0 spiro atoms. The zero-order valence-electron chi connectivity index (χ0n) is 11.0. The zero-order chi connectivity index (χ0) is 12.7. The van der Waals surface area contributed by atoms with Gasteiger partial charge in [-0.3, -0.25) is 0 Å². The van der Waals surface area contributed by atoms with Crippen LogP contribution in [0.4, 0.5) is 0 Å². The highest BCUT2D eigenvalue weighted by Crippen LogP contribution is 2.24. The van der Waals surface area contributed by atoms with E-state index in [4.69, 9.17) is 4.52 Å². The van der Waals surface area contributed by atoms with Crippen LogP contribution in [0.2, 0.25) is 0 Å². The molecule has 1 heterocycles. The number of aryl methyl sites for hydroxylation is 1. The van der Waals surface area contributed by atoms with Gasteiger partial charge < -0.3 is 14.9 Å². The van der Waals surface area contributed by atoms with Crippen molar-refractivity contribution in [1.29, 1.82) is 0 Å². The summed E-state index contributed by atoms with van der Waals surface area (Å²) in [6.45, 7) is 7.88. The fourth-order valence-electron chi connectivity index (χ4n) is 1.78. The Hall–Kier alpha value is -0.940. The van der Waals surface area contributed by atoms with E-state index in [0.29, 0.717) is 5.89 Å². The van der Waals surface area contributed by atoms with Gasteiger partial charge in [-0.2, -0.15) is 4.98 Å². The largest absolute Gasteiger partial charge is 0.396 e. The highest BCUT2D eigenvalue weighted by molar-refractivity contribution is 4.85. The molecule has 1 aromatic heterocycles. The summed E-state index contributed by atoms with van der Waals surface area (Å²) in [5.74, 6) is 1.34. The maximum absolute atomic E-state index is 9.42. The second kappa shape index (κ2) is 6.71. The van der Waals surface area contributed by atoms with Crippen LogP contribution in [0.15, 0.2) is 4.52 Å². The maximum atomic E-state index is 9.42. The molecule has 5 nitrogen and oxygen atoms in total. The van der Waals surface area contributed by atoms with Crippen LogP contribution >= 0.6 is 0 Å². The normalized spacial score (nSPS) is 12.0. The Morgan fingerprint density at radius 3 is 2.53 bits per heavy atom. The predicted octanol–water partition coefficient (Wildman–Crippen LogP) is 1.31. The first-order valence-electron chi connectivity index (χ1n) is 6.26. The number of aliphatic hydroxyl groups is 1. The molecule has 0 radical (unpaired) electrons. The lowest BCUT2D eigenvalue weighted by molar-refractivity contribution is 0.113. The summed E-state index contributed by atoms with van der Waals surface area (Å²) in [6, 6.07) is 0. The fraction of sp³-hybridized carbons (Fsp3) is 0.833. The predicted molar refractivity (Wildman–Crippen MR) is 65.7 cm³/mol. The van der Waals surface area contributed by atoms with Crippen molar-refractivity contribution in [2.45, 2.75) is 40.0 Å². The van der Waals surface area contributed by atoms with Gasteiger partial charge in [0.2, 0.25) is 5.89 Å². The first-order chi connectivity index (χ1) is 8.15. The van der Waals surface area contributed by atoms with Crippen LogP contribution in [0.25, 0.3) is 0 Å². The molecule has 0 aliphatic carbocycles. The van der Waals surface area contributed by atoms with Crippen molar-refractivity contribution in [2.24, 2.45) is 5.41 Å². The monoisotopic (exact) mass is 241 g/mol. The molecule has 0 saturated carbocycles. The van der Waals surface area contributed by atoms with E-state index in [1.807, 2.05) is 0 Å². The van der Waals surface area contributed by atoms with E-state index in [0.717, 1.165) is 38.2 Å². The molecule has 17 heavy (non-hydrogen) atoms. The van der Waals surface area contributed by atoms with Crippen molar-refractivity contribution in [3.05, 3.63) is 11.7 Å². The van der Waals surface area contributed by atoms with Crippen LogP contribution in [0.3, 0.4) is 0 Å². The van der Waals surface area contributed by atoms with Gasteiger partial charge in [0.1, 0.15) is 0 Å². The second-order valence-corrected chi connectivity index (χ2v) is 4.52. The molecule has 98 valence electrons. The zero-order valence-corrected chi connectivity index (χ0v) is 11.0. The quantitative estimate of drug-likeness (QED) is 0.671. The van der Waals surface area contributed by atoms with Crippen LogP contribution in [0.1, 0.15) is 38.4 Å². The second-order valence-electron chi connectivity index (χ2n) is 4.52. The summed E-state index contributed by atoms with van der Waals surface area (Å²) in [4.78, 5) is 4.14. The number of hydrogen-bond acceptors (Lipinski definition) is 5. The molecular weight excluding hydrogens is 218 g/mol. The minimum absolute atomic E-state index is 0.00711. The Morgan fingerprint density at radius 2 is 2.06 bits per heavy atom. The van der Waals surface area contributed by atoms with Gasteiger partial charge in [-0.05, 0) is 12.8 Å². The fourth-order valence-corrected chi connectivity index (χ4v) is 1.78. The Kier molecular flexibility index (Phi) is 5.58. The Bertz CT molecular complexity index is 313. The lowest BCUT2D eigenvalue weighted by atomic mass is 9.83. The minimum Gasteiger partial charge on any atom is -0.396 e. The summed E-state index contributed by atoms with van der Waals surface area (Å²) in [6.07, 6.45) is 2.72. The number of nitrogens with one attached hydrogen (secondary N) is 1. The molecule has 2 N–H and O–H groups in total. The lowest BCUT2D eigenvalue weighted by Gasteiger charge is -2.29. The van der Waals surface area contributed by atoms with Crippen molar-refractivity contribution in [3.8, 4) is 0 Å². The van der Waals surface area contributed by atoms with Gasteiger partial charge in [-0.15, -0.1) is 0 Å². The van der Waals surface area contributed by atoms with E-state index < -0.39 is 0 Å². The Morgan fingerprint density at radius 1 is 1.35 bits per heavy atom. The van der Waals surface area contributed by atoms with E-state index in [1.165, 1.54) is 0 Å². The van der Waals surface area contributed by atoms with Crippen molar-refractivity contribution < 1.29 is 9.63 Å². The molecule has 0 amide bonds. The number of nitrogens with zero attached hydrogens (tertiary/aromatic N) is 2. The third-order valence-corrected chi connectivity index (χ3v) is 3.43. The third kappa shape index (κ3) is 4.09. The average Bonchev–Trinajstić information content (AvgIpc) is 2.76. The van der Waals surface area contributed by atoms with Gasteiger partial charge in [0, 0.05) is 38.5 Å². The molecule has 0 fully saturated rings. The van der Waals surface area contributed by atoms with E-state index in [1.54, 1.807) is 6.92 Å². The lowest BCUT2D eigenvalue weighted by Crippen LogP contribution is -2.37. The van der Waals surface area contributed by atoms with E-state index in [-0.39, 0.29) is 12.0 Å². The van der Waals surface area contributed by atoms with Crippen LogP contribution in [0, 0.1) is 12.3 Å². The summed E-state index contributed by atoms with van der Waals surface area (Å²) in [5.41, 5.74) is 0.00711. The van der Waals surface area contributed by atoms with E-state index in [2.05, 4.69) is 29.3 Å². The molecule has 0 aromatic carbocycles. The van der Waals surface area contributed by atoms with Gasteiger partial charge in [0.15, 0.2) is 5.82 Å². The molecular formula is C12H23N3O2. The molecule has 5 heteroatoms. The average molecular weight is 241 g/mol. The summed E-state index contributed by atoms with van der Waals surface area (Å²) in [7, 11) is 0. The smallest absolute Gasteiger partial charge is 0.223 e. The number of aliphatic hydroxyl groups excluding tert-OH is 1. The highest BCUT2D eigenvalue weighted by atomic mass is 16.5. The molecule has 0 bridgehead atoms. The Labute approximate surface area is 103 Å². The standard InChI is InChI=1S/C12H23N3O2/c1-4-12(5-2,9-16)8-13-7-6-11-14-10(3)17-15-11/h13,16H,4-9H2,1-3H3. The Balaban J connectivity index is 2.27. The highest BCUT2D eigenvalue weighted by Gasteiger charge is 2.24. The van der Waals surface area contributed by atoms with Crippen LogP contribution < -0.4 is 5.32 Å². The molecule has 0 atom stereocenters. The molecule has 1 aromatic rings. The van der Waals surface area contributed by atoms with E-state index >= 15 is 0 Å². The van der Waals surface area contributed by atoms with Crippen molar-refractivity contribution in [1.82, 2.24) is 15.5 Å². The third-order valence-electron chi connectivity index (χ3n) is 3.43. The first kappa shape index (κ1) is 14.1. The summed E-state index contributed by atoms with van der Waals surface area (Å²) >= 11 is 0. The van der Waals surface area contributed by atoms with Crippen LogP contribution in [0.5, 0.6) is 0 Å². The van der Waals surface area contributed by atoms with E-state index in [9.17, 15) is 5.11 Å². The van der Waals surface area contributed by atoms with Crippen molar-refractivity contribution >= 4 is 0 Å². The maximum Gasteiger partial charge on any atom is 0.223 e. The van der Waals surface area contributed by atoms with Crippen molar-refractivity contribution in [2.75, 3.05) is 19.7 Å². The summed E-state index contributed by atoms with van der Waals surface area (Å²) in [5, 5.41) is 16.6. The minimum atomic E-state index is 0.00711.